The lowest BCUT2D eigenvalue weighted by Crippen LogP contribution is -2.22. The highest BCUT2D eigenvalue weighted by molar-refractivity contribution is 5.88. The van der Waals surface area contributed by atoms with Gasteiger partial charge in [-0.3, -0.25) is 0 Å². The Balaban J connectivity index is 2.67. The van der Waals surface area contributed by atoms with Gasteiger partial charge in [-0.15, -0.1) is 0 Å². The van der Waals surface area contributed by atoms with Gasteiger partial charge in [0, 0.05) is 12.7 Å². The normalized spacial score (nSPS) is 11.5. The molecule has 5 nitrogen and oxygen atoms in total. The lowest BCUT2D eigenvalue weighted by molar-refractivity contribution is -0.00707. The minimum atomic E-state index is -0.391. The van der Waals surface area contributed by atoms with Gasteiger partial charge in [0.2, 0.25) is 0 Å². The minimum absolute atomic E-state index is 0.190. The Bertz CT molecular complexity index is 391. The summed E-state index contributed by atoms with van der Waals surface area (Å²) in [5.74, 6) is -0.391. The number of esters is 1. The average molecular weight is 240 g/mol. The maximum Gasteiger partial charge on any atom is 0.354 e. The van der Waals surface area contributed by atoms with E-state index in [2.05, 4.69) is 4.74 Å². The molecule has 1 heterocycles. The Morgan fingerprint density at radius 2 is 2.12 bits per heavy atom. The van der Waals surface area contributed by atoms with Crippen molar-refractivity contribution in [2.24, 2.45) is 0 Å². The van der Waals surface area contributed by atoms with Crippen molar-refractivity contribution in [1.82, 2.24) is 4.57 Å². The number of nitrogen functional groups attached to an aromatic ring is 1. The van der Waals surface area contributed by atoms with Crippen LogP contribution in [0.4, 0.5) is 5.69 Å². The van der Waals surface area contributed by atoms with Gasteiger partial charge in [-0.2, -0.15) is 0 Å². The molecule has 0 radical (unpaired) electrons. The van der Waals surface area contributed by atoms with E-state index in [1.807, 2.05) is 20.8 Å². The first-order valence-electron chi connectivity index (χ1n) is 5.51. The van der Waals surface area contributed by atoms with Crippen LogP contribution in [0.1, 0.15) is 31.3 Å². The number of nitrogens with zero attached hydrogens (tertiary/aromatic N) is 1. The van der Waals surface area contributed by atoms with E-state index in [-0.39, 0.29) is 5.60 Å². The highest BCUT2D eigenvalue weighted by Gasteiger charge is 2.14. The number of hydrogen-bond donors (Lipinski definition) is 1. The number of rotatable bonds is 4. The van der Waals surface area contributed by atoms with Gasteiger partial charge in [0.15, 0.2) is 0 Å². The predicted molar refractivity (Wildman–Crippen MR) is 65.9 cm³/mol. The van der Waals surface area contributed by atoms with Crippen LogP contribution in [0, 0.1) is 0 Å². The van der Waals surface area contributed by atoms with E-state index < -0.39 is 5.97 Å². The second kappa shape index (κ2) is 5.23. The quantitative estimate of drug-likeness (QED) is 0.813. The molecule has 0 unspecified atom stereocenters. The summed E-state index contributed by atoms with van der Waals surface area (Å²) in [7, 11) is 1.35. The van der Waals surface area contributed by atoms with Crippen molar-refractivity contribution in [2.45, 2.75) is 32.9 Å². The molecule has 1 aromatic rings. The van der Waals surface area contributed by atoms with Crippen LogP contribution in [-0.4, -0.2) is 29.9 Å². The summed E-state index contributed by atoms with van der Waals surface area (Å²) in [4.78, 5) is 11.5. The van der Waals surface area contributed by atoms with E-state index in [1.165, 1.54) is 7.11 Å². The third-order valence-electron chi connectivity index (χ3n) is 2.18. The fourth-order valence-electron chi connectivity index (χ4n) is 1.44. The van der Waals surface area contributed by atoms with Crippen molar-refractivity contribution in [2.75, 3.05) is 19.5 Å². The van der Waals surface area contributed by atoms with Gasteiger partial charge in [-0.1, -0.05) is 0 Å². The smallest absolute Gasteiger partial charge is 0.354 e. The Hall–Kier alpha value is -1.49. The lowest BCUT2D eigenvalue weighted by Gasteiger charge is -2.20. The van der Waals surface area contributed by atoms with Crippen molar-refractivity contribution >= 4 is 11.7 Å². The Labute approximate surface area is 101 Å². The van der Waals surface area contributed by atoms with Crippen LogP contribution in [-0.2, 0) is 16.0 Å². The third-order valence-corrected chi connectivity index (χ3v) is 2.18. The summed E-state index contributed by atoms with van der Waals surface area (Å²) in [6.45, 7) is 7.04. The van der Waals surface area contributed by atoms with Crippen molar-refractivity contribution in [3.8, 4) is 0 Å². The fraction of sp³-hybridized carbons (Fsp3) is 0.583. The van der Waals surface area contributed by atoms with Gasteiger partial charge in [-0.25, -0.2) is 4.79 Å². The zero-order valence-electron chi connectivity index (χ0n) is 10.8. The van der Waals surface area contributed by atoms with Gasteiger partial charge in [0.05, 0.1) is 25.0 Å². The maximum atomic E-state index is 11.5. The van der Waals surface area contributed by atoms with Gasteiger partial charge in [0.25, 0.3) is 0 Å². The van der Waals surface area contributed by atoms with Gasteiger partial charge < -0.3 is 19.8 Å². The monoisotopic (exact) mass is 240 g/mol. The van der Waals surface area contributed by atoms with Crippen LogP contribution in [0.25, 0.3) is 0 Å². The number of carbonyl (C=O) groups is 1. The van der Waals surface area contributed by atoms with Crippen LogP contribution in [0.15, 0.2) is 12.3 Å². The standard InChI is InChI=1S/C12H20N2O3/c1-12(2,3)17-6-5-14-8-9(13)7-10(14)11(15)16-4/h7-8H,5-6,13H2,1-4H3. The SMILES string of the molecule is COC(=O)c1cc(N)cn1CCOC(C)(C)C. The van der Waals surface area contributed by atoms with Gasteiger partial charge in [-0.05, 0) is 26.8 Å². The Morgan fingerprint density at radius 1 is 1.47 bits per heavy atom. The summed E-state index contributed by atoms with van der Waals surface area (Å²) in [6.07, 6.45) is 1.71. The topological polar surface area (TPSA) is 66.5 Å². The molecule has 1 aromatic heterocycles. The molecule has 96 valence electrons. The van der Waals surface area contributed by atoms with Crippen molar-refractivity contribution in [3.63, 3.8) is 0 Å². The first-order chi connectivity index (χ1) is 7.83. The largest absolute Gasteiger partial charge is 0.464 e. The lowest BCUT2D eigenvalue weighted by atomic mass is 10.2. The molecule has 0 saturated carbocycles. The zero-order valence-corrected chi connectivity index (χ0v) is 10.8. The predicted octanol–water partition coefficient (Wildman–Crippen LogP) is 1.67. The Kier molecular flexibility index (Phi) is 4.17. The van der Waals surface area contributed by atoms with Crippen LogP contribution in [0.3, 0.4) is 0 Å². The van der Waals surface area contributed by atoms with Crippen LogP contribution < -0.4 is 5.73 Å². The second-order valence-corrected chi connectivity index (χ2v) is 4.80. The number of nitrogens with two attached hydrogens (primary N) is 1. The average Bonchev–Trinajstić information content (AvgIpc) is 2.57. The number of hydrogen-bond acceptors (Lipinski definition) is 4. The van der Waals surface area contributed by atoms with E-state index in [9.17, 15) is 4.79 Å². The highest BCUT2D eigenvalue weighted by atomic mass is 16.5. The van der Waals surface area contributed by atoms with Crippen LogP contribution in [0.2, 0.25) is 0 Å². The van der Waals surface area contributed by atoms with Crippen molar-refractivity contribution in [1.29, 1.82) is 0 Å². The van der Waals surface area contributed by atoms with E-state index in [0.717, 1.165) is 0 Å². The molecule has 0 fully saturated rings. The number of anilines is 1. The zero-order chi connectivity index (χ0) is 13.1. The second-order valence-electron chi connectivity index (χ2n) is 4.80. The fourth-order valence-corrected chi connectivity index (χ4v) is 1.44. The molecule has 5 heteroatoms. The molecule has 1 rings (SSSR count). The molecule has 0 saturated heterocycles. The number of aromatic nitrogens is 1. The molecule has 0 atom stereocenters. The minimum Gasteiger partial charge on any atom is -0.464 e. The first kappa shape index (κ1) is 13.6. The van der Waals surface area contributed by atoms with E-state index in [1.54, 1.807) is 16.8 Å². The summed E-state index contributed by atoms with van der Waals surface area (Å²) in [5, 5.41) is 0. The molecule has 0 aromatic carbocycles. The molecular formula is C12H20N2O3. The summed E-state index contributed by atoms with van der Waals surface area (Å²) in [5.41, 5.74) is 6.46. The molecule has 0 aliphatic heterocycles. The van der Waals surface area contributed by atoms with Crippen LogP contribution in [0.5, 0.6) is 0 Å². The molecule has 0 spiro atoms. The summed E-state index contributed by atoms with van der Waals surface area (Å²) >= 11 is 0. The number of methoxy groups -OCH3 is 1. The molecule has 0 aliphatic rings. The van der Waals surface area contributed by atoms with E-state index >= 15 is 0 Å². The molecule has 2 N–H and O–H groups in total. The molecule has 0 bridgehead atoms. The van der Waals surface area contributed by atoms with Crippen LogP contribution >= 0.6 is 0 Å². The van der Waals surface area contributed by atoms with Crippen molar-refractivity contribution in [3.05, 3.63) is 18.0 Å². The highest BCUT2D eigenvalue weighted by Crippen LogP contribution is 2.13. The molecule has 17 heavy (non-hydrogen) atoms. The summed E-state index contributed by atoms with van der Waals surface area (Å²) in [6, 6.07) is 1.60. The Morgan fingerprint density at radius 3 is 2.65 bits per heavy atom. The third kappa shape index (κ3) is 4.11. The number of ether oxygens (including phenoxy) is 2. The summed E-state index contributed by atoms with van der Waals surface area (Å²) < 4.78 is 12.0. The van der Waals surface area contributed by atoms with Crippen molar-refractivity contribution < 1.29 is 14.3 Å². The number of carbonyl (C=O) groups excluding carboxylic acids is 1. The molecular weight excluding hydrogens is 220 g/mol. The molecule has 0 amide bonds. The van der Waals surface area contributed by atoms with E-state index in [4.69, 9.17) is 10.5 Å². The van der Waals surface area contributed by atoms with E-state index in [0.29, 0.717) is 24.5 Å². The maximum absolute atomic E-state index is 11.5. The first-order valence-corrected chi connectivity index (χ1v) is 5.51. The van der Waals surface area contributed by atoms with Gasteiger partial charge >= 0.3 is 5.97 Å². The molecule has 0 aliphatic carbocycles. The van der Waals surface area contributed by atoms with Gasteiger partial charge in [0.1, 0.15) is 5.69 Å².